The van der Waals surface area contributed by atoms with Crippen LogP contribution in [0.25, 0.3) is 0 Å². The van der Waals surface area contributed by atoms with Gasteiger partial charge in [-0.15, -0.1) is 0 Å². The first-order chi connectivity index (χ1) is 29.9. The predicted molar refractivity (Wildman–Crippen MR) is 247 cm³/mol. The SMILES string of the molecule is CCCCCCCCCCCCCC/C=C\CCCCCCCCC(O)C(=O)NC(COC1OC(CO)C(O)C(OS(=O)(=O)O)C1O)C(O)CCCCCCCCCCCCC. The number of aliphatic hydroxyl groups is 5. The van der Waals surface area contributed by atoms with Crippen LogP contribution in [0.15, 0.2) is 12.2 Å². The van der Waals surface area contributed by atoms with Crippen LogP contribution in [0.1, 0.15) is 226 Å². The van der Waals surface area contributed by atoms with Gasteiger partial charge in [-0.25, -0.2) is 4.18 Å². The van der Waals surface area contributed by atoms with Gasteiger partial charge in [0.15, 0.2) is 6.29 Å². The number of hydrogen-bond acceptors (Lipinski definition) is 11. The number of amides is 1. The lowest BCUT2D eigenvalue weighted by atomic mass is 9.99. The van der Waals surface area contributed by atoms with Crippen molar-refractivity contribution >= 4 is 16.3 Å². The molecule has 0 aromatic rings. The summed E-state index contributed by atoms with van der Waals surface area (Å²) >= 11 is 0. The molecular formula is C48H93NO12S. The second-order valence-corrected chi connectivity index (χ2v) is 18.9. The fourth-order valence-corrected chi connectivity index (χ4v) is 8.68. The average molecular weight is 908 g/mol. The summed E-state index contributed by atoms with van der Waals surface area (Å²) < 4.78 is 47.6. The maximum Gasteiger partial charge on any atom is 0.397 e. The maximum atomic E-state index is 13.1. The van der Waals surface area contributed by atoms with E-state index in [4.69, 9.17) is 9.47 Å². The zero-order valence-corrected chi connectivity index (χ0v) is 39.9. The Labute approximate surface area is 377 Å². The van der Waals surface area contributed by atoms with E-state index in [0.29, 0.717) is 19.3 Å². The molecular weight excluding hydrogens is 815 g/mol. The minimum atomic E-state index is -5.11. The number of aliphatic hydroxyl groups excluding tert-OH is 5. The number of unbranched alkanes of at least 4 members (excludes halogenated alkanes) is 28. The summed E-state index contributed by atoms with van der Waals surface area (Å²) in [5.74, 6) is -0.673. The summed E-state index contributed by atoms with van der Waals surface area (Å²) in [6.07, 6.45) is 31.2. The van der Waals surface area contributed by atoms with Crippen molar-refractivity contribution in [2.45, 2.75) is 275 Å². The van der Waals surface area contributed by atoms with Crippen LogP contribution in [0, 0.1) is 0 Å². The number of nitrogens with one attached hydrogen (secondary N) is 1. The summed E-state index contributed by atoms with van der Waals surface area (Å²) in [5.41, 5.74) is 0. The maximum absolute atomic E-state index is 13.1. The molecule has 0 aromatic carbocycles. The molecule has 0 bridgehead atoms. The van der Waals surface area contributed by atoms with Gasteiger partial charge >= 0.3 is 10.4 Å². The Balaban J connectivity index is 2.44. The van der Waals surface area contributed by atoms with Crippen molar-refractivity contribution in [2.24, 2.45) is 0 Å². The Morgan fingerprint density at radius 1 is 0.629 bits per heavy atom. The van der Waals surface area contributed by atoms with Crippen LogP contribution in [0.2, 0.25) is 0 Å². The highest BCUT2D eigenvalue weighted by Crippen LogP contribution is 2.26. The largest absolute Gasteiger partial charge is 0.397 e. The Kier molecular flexibility index (Phi) is 37.0. The molecule has 1 fully saturated rings. The van der Waals surface area contributed by atoms with Crippen molar-refractivity contribution in [3.05, 3.63) is 12.2 Å². The molecule has 0 spiro atoms. The van der Waals surface area contributed by atoms with Gasteiger partial charge in [0.2, 0.25) is 5.91 Å². The zero-order chi connectivity index (χ0) is 45.7. The van der Waals surface area contributed by atoms with Gasteiger partial charge in [0.05, 0.1) is 25.4 Å². The first-order valence-corrected chi connectivity index (χ1v) is 26.5. The average Bonchev–Trinajstić information content (AvgIpc) is 3.24. The number of carbonyl (C=O) groups excluding carboxylic acids is 1. The first-order valence-electron chi connectivity index (χ1n) is 25.2. The van der Waals surface area contributed by atoms with E-state index >= 15 is 0 Å². The number of allylic oxidation sites excluding steroid dienone is 2. The van der Waals surface area contributed by atoms with Crippen LogP contribution in [-0.4, -0.2) is 107 Å². The highest BCUT2D eigenvalue weighted by atomic mass is 32.3. The van der Waals surface area contributed by atoms with Crippen molar-refractivity contribution in [1.29, 1.82) is 0 Å². The first kappa shape index (κ1) is 58.8. The molecule has 0 aromatic heterocycles. The highest BCUT2D eigenvalue weighted by molar-refractivity contribution is 7.80. The molecule has 7 N–H and O–H groups in total. The van der Waals surface area contributed by atoms with Gasteiger partial charge in [-0.3, -0.25) is 9.35 Å². The Morgan fingerprint density at radius 2 is 1.03 bits per heavy atom. The Hall–Kier alpha value is -1.20. The van der Waals surface area contributed by atoms with Gasteiger partial charge in [-0.2, -0.15) is 8.42 Å². The van der Waals surface area contributed by atoms with Gasteiger partial charge < -0.3 is 40.3 Å². The quantitative estimate of drug-likeness (QED) is 0.0173. The van der Waals surface area contributed by atoms with Gasteiger partial charge in [-0.1, -0.05) is 199 Å². The van der Waals surface area contributed by atoms with Gasteiger partial charge in [-0.05, 0) is 38.5 Å². The van der Waals surface area contributed by atoms with E-state index in [1.165, 1.54) is 128 Å². The van der Waals surface area contributed by atoms with Crippen LogP contribution in [0.5, 0.6) is 0 Å². The summed E-state index contributed by atoms with van der Waals surface area (Å²) in [5, 5.41) is 55.4. The van der Waals surface area contributed by atoms with Crippen LogP contribution in [0.4, 0.5) is 0 Å². The summed E-state index contributed by atoms with van der Waals surface area (Å²) in [7, 11) is -5.11. The van der Waals surface area contributed by atoms with Crippen molar-refractivity contribution in [3.8, 4) is 0 Å². The van der Waals surface area contributed by atoms with Crippen LogP contribution in [0.3, 0.4) is 0 Å². The standard InChI is InChI=1S/C48H93NO12S/c1-3-5-7-9-11-13-15-16-17-18-19-20-21-22-23-24-25-27-29-31-33-35-37-42(52)47(55)49-40(41(51)36-34-32-30-28-26-14-12-10-8-6-4-2)39-59-48-45(54)46(61-62(56,57)58)44(53)43(38-50)60-48/h22-23,40-46,48,50-54H,3-21,24-39H2,1-2H3,(H,49,55)(H,56,57,58)/b23-22-. The number of rotatable bonds is 43. The molecule has 0 aliphatic carbocycles. The molecule has 1 amide bonds. The fourth-order valence-electron chi connectivity index (χ4n) is 8.17. The molecule has 14 heteroatoms. The molecule has 368 valence electrons. The zero-order valence-electron chi connectivity index (χ0n) is 39.1. The molecule has 1 rings (SSSR count). The van der Waals surface area contributed by atoms with E-state index in [2.05, 4.69) is 35.5 Å². The normalized spacial score (nSPS) is 21.1. The molecule has 1 aliphatic rings. The molecule has 0 radical (unpaired) electrons. The third-order valence-electron chi connectivity index (χ3n) is 12.2. The van der Waals surface area contributed by atoms with E-state index in [1.807, 2.05) is 0 Å². The number of hydrogen-bond donors (Lipinski definition) is 7. The van der Waals surface area contributed by atoms with Crippen molar-refractivity contribution in [3.63, 3.8) is 0 Å². The van der Waals surface area contributed by atoms with E-state index < -0.39 is 78.5 Å². The Bertz CT molecular complexity index is 1180. The topological polar surface area (TPSA) is 212 Å². The molecule has 1 heterocycles. The lowest BCUT2D eigenvalue weighted by Crippen LogP contribution is -2.61. The fraction of sp³-hybridized carbons (Fsp3) is 0.938. The molecule has 1 aliphatic heterocycles. The van der Waals surface area contributed by atoms with Crippen LogP contribution >= 0.6 is 0 Å². The monoisotopic (exact) mass is 908 g/mol. The highest BCUT2D eigenvalue weighted by Gasteiger charge is 2.48. The molecule has 8 unspecified atom stereocenters. The van der Waals surface area contributed by atoms with Gasteiger partial charge in [0, 0.05) is 0 Å². The molecule has 8 atom stereocenters. The van der Waals surface area contributed by atoms with E-state index in [0.717, 1.165) is 57.8 Å². The predicted octanol–water partition coefficient (Wildman–Crippen LogP) is 9.31. The van der Waals surface area contributed by atoms with Gasteiger partial charge in [0.25, 0.3) is 0 Å². The van der Waals surface area contributed by atoms with Crippen molar-refractivity contribution in [2.75, 3.05) is 13.2 Å². The molecule has 1 saturated heterocycles. The molecule has 62 heavy (non-hydrogen) atoms. The second kappa shape index (κ2) is 39.0. The number of ether oxygens (including phenoxy) is 2. The van der Waals surface area contributed by atoms with Gasteiger partial charge in [0.1, 0.15) is 30.5 Å². The summed E-state index contributed by atoms with van der Waals surface area (Å²) in [6.45, 7) is 3.27. The smallest absolute Gasteiger partial charge is 0.394 e. The molecule has 13 nitrogen and oxygen atoms in total. The van der Waals surface area contributed by atoms with E-state index in [1.54, 1.807) is 0 Å². The van der Waals surface area contributed by atoms with Crippen molar-refractivity contribution < 1.29 is 57.0 Å². The minimum Gasteiger partial charge on any atom is -0.394 e. The van der Waals surface area contributed by atoms with Crippen LogP contribution in [-0.2, 0) is 28.9 Å². The van der Waals surface area contributed by atoms with E-state index in [9.17, 15) is 43.3 Å². The second-order valence-electron chi connectivity index (χ2n) is 17.9. The third kappa shape index (κ3) is 30.8. The summed E-state index contributed by atoms with van der Waals surface area (Å²) in [6, 6.07) is -1.03. The number of carbonyl (C=O) groups is 1. The Morgan fingerprint density at radius 3 is 1.45 bits per heavy atom. The minimum absolute atomic E-state index is 0.255. The van der Waals surface area contributed by atoms with Crippen LogP contribution < -0.4 is 5.32 Å². The molecule has 0 saturated carbocycles. The lowest BCUT2D eigenvalue weighted by molar-refractivity contribution is -0.298. The van der Waals surface area contributed by atoms with E-state index in [-0.39, 0.29) is 6.42 Å². The lowest BCUT2D eigenvalue weighted by Gasteiger charge is -2.41. The van der Waals surface area contributed by atoms with Crippen molar-refractivity contribution in [1.82, 2.24) is 5.32 Å². The third-order valence-corrected chi connectivity index (χ3v) is 12.6. The summed E-state index contributed by atoms with van der Waals surface area (Å²) in [4.78, 5) is 13.1.